The van der Waals surface area contributed by atoms with Crippen molar-refractivity contribution in [3.8, 4) is 22.8 Å². The predicted octanol–water partition coefficient (Wildman–Crippen LogP) is 4.85. The Morgan fingerprint density at radius 3 is 2.32 bits per heavy atom. The van der Waals surface area contributed by atoms with Crippen LogP contribution in [0.4, 0.5) is 11.4 Å². The summed E-state index contributed by atoms with van der Waals surface area (Å²) < 4.78 is 21.8. The van der Waals surface area contributed by atoms with E-state index >= 15 is 0 Å². The number of hydrogen-bond donors (Lipinski definition) is 0. The second-order valence-corrected chi connectivity index (χ2v) is 8.04. The van der Waals surface area contributed by atoms with Crippen molar-refractivity contribution >= 4 is 40.8 Å². The Kier molecular flexibility index (Phi) is 9.59. The second-order valence-electron chi connectivity index (χ2n) is 8.04. The van der Waals surface area contributed by atoms with Crippen molar-refractivity contribution < 1.29 is 23.7 Å². The number of hydrogen-bond acceptors (Lipinski definition) is 9. The van der Waals surface area contributed by atoms with Crippen molar-refractivity contribution in [3.05, 3.63) is 67.1 Å². The summed E-state index contributed by atoms with van der Waals surface area (Å²) in [5.41, 5.74) is 4.67. The third kappa shape index (κ3) is 6.84. The number of methoxy groups -OCH3 is 3. The molecule has 2 heterocycles. The van der Waals surface area contributed by atoms with E-state index < -0.39 is 6.10 Å². The highest BCUT2D eigenvalue weighted by Gasteiger charge is 2.21. The van der Waals surface area contributed by atoms with E-state index in [1.165, 1.54) is 6.92 Å². The lowest BCUT2D eigenvalue weighted by atomic mass is 10.1. The third-order valence-corrected chi connectivity index (χ3v) is 5.51. The molecule has 2 aromatic heterocycles. The molecule has 9 nitrogen and oxygen atoms in total. The van der Waals surface area contributed by atoms with Gasteiger partial charge in [0.25, 0.3) is 0 Å². The lowest BCUT2D eigenvalue weighted by molar-refractivity contribution is -0.148. The van der Waals surface area contributed by atoms with Crippen LogP contribution in [-0.2, 0) is 14.3 Å². The largest absolute Gasteiger partial charge is 0.497 e. The van der Waals surface area contributed by atoms with Gasteiger partial charge < -0.3 is 23.8 Å². The van der Waals surface area contributed by atoms with Crippen LogP contribution in [0.1, 0.15) is 6.92 Å². The average molecular weight is 525 g/mol. The minimum Gasteiger partial charge on any atom is -0.497 e. The molecule has 0 radical (unpaired) electrons. The minimum atomic E-state index is -0.520. The number of carbonyl (C=O) groups is 1. The lowest BCUT2D eigenvalue weighted by Crippen LogP contribution is -2.35. The molecule has 4 aromatic rings. The summed E-state index contributed by atoms with van der Waals surface area (Å²) in [5.74, 6) is 0.875. The van der Waals surface area contributed by atoms with Crippen molar-refractivity contribution in [2.24, 2.45) is 0 Å². The molecular weight excluding hydrogens is 496 g/mol. The summed E-state index contributed by atoms with van der Waals surface area (Å²) in [6, 6.07) is 15.2. The number of halogens is 1. The van der Waals surface area contributed by atoms with Crippen LogP contribution in [0, 0.1) is 0 Å². The molecule has 0 saturated heterocycles. The molecule has 10 heteroatoms. The van der Waals surface area contributed by atoms with Gasteiger partial charge in [0.2, 0.25) is 0 Å². The summed E-state index contributed by atoms with van der Waals surface area (Å²) >= 11 is 0. The van der Waals surface area contributed by atoms with Gasteiger partial charge in [-0.1, -0.05) is 0 Å². The van der Waals surface area contributed by atoms with Gasteiger partial charge >= 0.3 is 5.97 Å². The monoisotopic (exact) mass is 524 g/mol. The standard InChI is InChI=1S/C27H28N4O5.ClH/c1-18(32)36-24(17-33-2)16-31(21-10-22(34-3)13-23(11-21)35-4)20-7-8-25-26(12-20)30-27(15-29-25)19-6-5-9-28-14-19;/h5-15,24H,16-17H2,1-4H3;1H. The summed E-state index contributed by atoms with van der Waals surface area (Å²) in [6.45, 7) is 1.94. The molecule has 1 atom stereocenters. The van der Waals surface area contributed by atoms with E-state index in [-0.39, 0.29) is 25.0 Å². The Bertz CT molecular complexity index is 1320. The molecule has 0 aliphatic carbocycles. The van der Waals surface area contributed by atoms with Gasteiger partial charge in [0.15, 0.2) is 0 Å². The van der Waals surface area contributed by atoms with Crippen LogP contribution in [0.2, 0.25) is 0 Å². The zero-order chi connectivity index (χ0) is 25.5. The zero-order valence-electron chi connectivity index (χ0n) is 21.1. The van der Waals surface area contributed by atoms with Crippen molar-refractivity contribution in [2.75, 3.05) is 39.4 Å². The van der Waals surface area contributed by atoms with Gasteiger partial charge in [-0.25, -0.2) is 4.98 Å². The van der Waals surface area contributed by atoms with Crippen molar-refractivity contribution in [1.82, 2.24) is 15.0 Å². The van der Waals surface area contributed by atoms with E-state index in [0.29, 0.717) is 23.6 Å². The van der Waals surface area contributed by atoms with Gasteiger partial charge in [-0.15, -0.1) is 12.4 Å². The molecule has 0 aliphatic rings. The first kappa shape index (κ1) is 27.6. The molecule has 0 amide bonds. The fourth-order valence-electron chi connectivity index (χ4n) is 3.88. The average Bonchev–Trinajstić information content (AvgIpc) is 2.91. The number of benzene rings is 2. The smallest absolute Gasteiger partial charge is 0.303 e. The molecule has 0 bridgehead atoms. The van der Waals surface area contributed by atoms with Gasteiger partial charge in [0, 0.05) is 61.6 Å². The number of aromatic nitrogens is 3. The molecule has 4 rings (SSSR count). The Morgan fingerprint density at radius 2 is 1.70 bits per heavy atom. The van der Waals surface area contributed by atoms with E-state index in [9.17, 15) is 4.79 Å². The van der Waals surface area contributed by atoms with Gasteiger partial charge in [0.05, 0.1) is 50.3 Å². The Hall–Kier alpha value is -3.95. The lowest BCUT2D eigenvalue weighted by Gasteiger charge is -2.29. The fourth-order valence-corrected chi connectivity index (χ4v) is 3.88. The highest BCUT2D eigenvalue weighted by molar-refractivity contribution is 5.85. The van der Waals surface area contributed by atoms with Gasteiger partial charge in [-0.2, -0.15) is 0 Å². The minimum absolute atomic E-state index is 0. The molecule has 0 spiro atoms. The summed E-state index contributed by atoms with van der Waals surface area (Å²) in [5, 5.41) is 0. The van der Waals surface area contributed by atoms with Crippen LogP contribution >= 0.6 is 12.4 Å². The van der Waals surface area contributed by atoms with Crippen molar-refractivity contribution in [1.29, 1.82) is 0 Å². The molecule has 37 heavy (non-hydrogen) atoms. The number of ether oxygens (including phenoxy) is 4. The fraction of sp³-hybridized carbons (Fsp3) is 0.259. The number of fused-ring (bicyclic) bond motifs is 1. The van der Waals surface area contributed by atoms with Crippen LogP contribution in [0.3, 0.4) is 0 Å². The summed E-state index contributed by atoms with van der Waals surface area (Å²) in [6.07, 6.45) is 4.69. The molecular formula is C27H29ClN4O5. The second kappa shape index (κ2) is 12.8. The maximum atomic E-state index is 11.8. The quantitative estimate of drug-likeness (QED) is 0.270. The summed E-state index contributed by atoms with van der Waals surface area (Å²) in [4.78, 5) is 27.4. The highest BCUT2D eigenvalue weighted by Crippen LogP contribution is 2.34. The zero-order valence-corrected chi connectivity index (χ0v) is 21.9. The number of nitrogens with zero attached hydrogens (tertiary/aromatic N) is 4. The van der Waals surface area contributed by atoms with Crippen molar-refractivity contribution in [3.63, 3.8) is 0 Å². The van der Waals surface area contributed by atoms with Crippen LogP contribution in [-0.4, -0.2) is 61.5 Å². The van der Waals surface area contributed by atoms with Gasteiger partial charge in [-0.3, -0.25) is 14.8 Å². The molecule has 194 valence electrons. The third-order valence-electron chi connectivity index (χ3n) is 5.51. The molecule has 0 aliphatic heterocycles. The van der Waals surface area contributed by atoms with Crippen LogP contribution in [0.25, 0.3) is 22.3 Å². The number of esters is 1. The van der Waals surface area contributed by atoms with Crippen LogP contribution < -0.4 is 14.4 Å². The Labute approximate surface area is 221 Å². The van der Waals surface area contributed by atoms with Crippen LogP contribution in [0.5, 0.6) is 11.5 Å². The molecule has 0 saturated carbocycles. The first-order valence-electron chi connectivity index (χ1n) is 11.3. The van der Waals surface area contributed by atoms with Crippen LogP contribution in [0.15, 0.2) is 67.1 Å². The SMILES string of the molecule is COCC(CN(c1cc(OC)cc(OC)c1)c1ccc2ncc(-c3cccnc3)nc2c1)OC(C)=O.Cl. The Balaban J connectivity index is 0.00000380. The van der Waals surface area contributed by atoms with Gasteiger partial charge in [-0.05, 0) is 30.3 Å². The Morgan fingerprint density at radius 1 is 0.946 bits per heavy atom. The molecule has 0 N–H and O–H groups in total. The number of anilines is 2. The van der Waals surface area contributed by atoms with E-state index in [0.717, 1.165) is 28.1 Å². The first-order chi connectivity index (χ1) is 17.5. The first-order valence-corrected chi connectivity index (χ1v) is 11.3. The van der Waals surface area contributed by atoms with E-state index in [4.69, 9.17) is 23.9 Å². The number of pyridine rings is 1. The maximum absolute atomic E-state index is 11.8. The predicted molar refractivity (Wildman–Crippen MR) is 144 cm³/mol. The van der Waals surface area contributed by atoms with E-state index in [2.05, 4.69) is 9.97 Å². The maximum Gasteiger partial charge on any atom is 0.303 e. The van der Waals surface area contributed by atoms with Crippen molar-refractivity contribution in [2.45, 2.75) is 13.0 Å². The van der Waals surface area contributed by atoms with Gasteiger partial charge in [0.1, 0.15) is 17.6 Å². The summed E-state index contributed by atoms with van der Waals surface area (Å²) in [7, 11) is 4.77. The normalized spacial score (nSPS) is 11.4. The molecule has 2 aromatic carbocycles. The van der Waals surface area contributed by atoms with E-state index in [1.807, 2.05) is 47.4 Å². The molecule has 0 fully saturated rings. The number of rotatable bonds is 10. The van der Waals surface area contributed by atoms with E-state index in [1.54, 1.807) is 46.0 Å². The number of carbonyl (C=O) groups excluding carboxylic acids is 1. The topological polar surface area (TPSA) is 95.9 Å². The highest BCUT2D eigenvalue weighted by atomic mass is 35.5. The molecule has 1 unspecified atom stereocenters.